The van der Waals surface area contributed by atoms with Crippen molar-refractivity contribution in [2.24, 2.45) is 0 Å². The van der Waals surface area contributed by atoms with Gasteiger partial charge in [-0.1, -0.05) is 0 Å². The van der Waals surface area contributed by atoms with Crippen LogP contribution in [0.4, 0.5) is 4.39 Å². The summed E-state index contributed by atoms with van der Waals surface area (Å²) in [6.45, 7) is 1.14. The summed E-state index contributed by atoms with van der Waals surface area (Å²) in [6.07, 6.45) is 3.91. The fraction of sp³-hybridized carbons (Fsp3) is 0.667. The number of rotatable bonds is 3. The number of hydrogen-bond donors (Lipinski definition) is 2. The number of halogens is 1. The van der Waals surface area contributed by atoms with Crippen LogP contribution in [-0.2, 0) is 11.3 Å². The van der Waals surface area contributed by atoms with E-state index in [2.05, 4.69) is 15.3 Å². The van der Waals surface area contributed by atoms with Gasteiger partial charge < -0.3 is 15.0 Å². The van der Waals surface area contributed by atoms with E-state index in [4.69, 9.17) is 4.74 Å². The van der Waals surface area contributed by atoms with Gasteiger partial charge >= 0.3 is 0 Å². The Morgan fingerprint density at radius 3 is 3.36 bits per heavy atom. The number of H-pyrrole nitrogens is 1. The number of aromatic nitrogens is 2. The Bertz CT molecular complexity index is 265. The van der Waals surface area contributed by atoms with Crippen LogP contribution in [0.5, 0.6) is 0 Å². The van der Waals surface area contributed by atoms with Crippen LogP contribution in [-0.4, -0.2) is 29.0 Å². The van der Waals surface area contributed by atoms with Crippen molar-refractivity contribution in [3.63, 3.8) is 0 Å². The average Bonchev–Trinajstić information content (AvgIpc) is 2.69. The van der Waals surface area contributed by atoms with Gasteiger partial charge in [-0.3, -0.25) is 0 Å². The standard InChI is InChI=1S/C9H14FN3O/c10-9-8(2-1-3-14-9)12-5-7-4-11-6-13-7/h4,6,8-9,12H,1-3,5H2,(H,11,13). The van der Waals surface area contributed by atoms with Gasteiger partial charge in [-0.2, -0.15) is 0 Å². The monoisotopic (exact) mass is 199 g/mol. The second-order valence-electron chi connectivity index (χ2n) is 3.43. The first kappa shape index (κ1) is 9.61. The number of nitrogens with one attached hydrogen (secondary N) is 2. The molecule has 1 aliphatic rings. The summed E-state index contributed by atoms with van der Waals surface area (Å²) in [5.74, 6) is 0. The van der Waals surface area contributed by atoms with Crippen molar-refractivity contribution >= 4 is 0 Å². The van der Waals surface area contributed by atoms with Gasteiger partial charge in [-0.05, 0) is 12.8 Å². The minimum atomic E-state index is -1.17. The maximum atomic E-state index is 13.2. The Labute approximate surface area is 81.9 Å². The first-order chi connectivity index (χ1) is 6.86. The molecule has 4 nitrogen and oxygen atoms in total. The number of aromatic amines is 1. The molecule has 2 heterocycles. The minimum Gasteiger partial charge on any atom is -0.347 e. The highest BCUT2D eigenvalue weighted by molar-refractivity contribution is 4.94. The van der Waals surface area contributed by atoms with Crippen molar-refractivity contribution in [2.45, 2.75) is 31.8 Å². The highest BCUT2D eigenvalue weighted by Gasteiger charge is 2.24. The lowest BCUT2D eigenvalue weighted by Gasteiger charge is -2.26. The first-order valence-electron chi connectivity index (χ1n) is 4.82. The predicted molar refractivity (Wildman–Crippen MR) is 49.3 cm³/mol. The van der Waals surface area contributed by atoms with Crippen LogP contribution in [0.2, 0.25) is 0 Å². The quantitative estimate of drug-likeness (QED) is 0.762. The smallest absolute Gasteiger partial charge is 0.214 e. The van der Waals surface area contributed by atoms with E-state index in [1.807, 2.05) is 0 Å². The van der Waals surface area contributed by atoms with E-state index in [0.717, 1.165) is 18.5 Å². The highest BCUT2D eigenvalue weighted by atomic mass is 19.1. The number of imidazole rings is 1. The van der Waals surface area contributed by atoms with Crippen LogP contribution in [0.1, 0.15) is 18.5 Å². The average molecular weight is 199 g/mol. The van der Waals surface area contributed by atoms with Gasteiger partial charge in [0.2, 0.25) is 6.36 Å². The zero-order chi connectivity index (χ0) is 9.80. The summed E-state index contributed by atoms with van der Waals surface area (Å²) in [6, 6.07) is -0.188. The molecule has 0 spiro atoms. The van der Waals surface area contributed by atoms with Gasteiger partial charge in [0, 0.05) is 18.4 Å². The van der Waals surface area contributed by atoms with E-state index >= 15 is 0 Å². The summed E-state index contributed by atoms with van der Waals surface area (Å²) in [5, 5.41) is 3.10. The Balaban J connectivity index is 1.79. The van der Waals surface area contributed by atoms with E-state index < -0.39 is 6.36 Å². The molecule has 1 aromatic heterocycles. The Kier molecular flexibility index (Phi) is 3.10. The number of hydrogen-bond acceptors (Lipinski definition) is 3. The summed E-state index contributed by atoms with van der Waals surface area (Å²) < 4.78 is 18.1. The molecule has 0 radical (unpaired) electrons. The summed E-state index contributed by atoms with van der Waals surface area (Å²) in [4.78, 5) is 6.84. The molecule has 1 fully saturated rings. The minimum absolute atomic E-state index is 0.188. The van der Waals surface area contributed by atoms with Gasteiger partial charge in [-0.25, -0.2) is 9.37 Å². The molecule has 0 amide bonds. The van der Waals surface area contributed by atoms with Crippen molar-refractivity contribution in [1.29, 1.82) is 0 Å². The number of alkyl halides is 1. The molecule has 0 aliphatic carbocycles. The number of ether oxygens (including phenoxy) is 1. The van der Waals surface area contributed by atoms with Crippen molar-refractivity contribution in [3.8, 4) is 0 Å². The molecule has 14 heavy (non-hydrogen) atoms. The third-order valence-electron chi connectivity index (χ3n) is 2.36. The van der Waals surface area contributed by atoms with Gasteiger partial charge in [0.15, 0.2) is 0 Å². The molecule has 0 bridgehead atoms. The van der Waals surface area contributed by atoms with Crippen molar-refractivity contribution in [1.82, 2.24) is 15.3 Å². The number of nitrogens with zero attached hydrogens (tertiary/aromatic N) is 1. The van der Waals surface area contributed by atoms with Crippen LogP contribution in [0, 0.1) is 0 Å². The highest BCUT2D eigenvalue weighted by Crippen LogP contribution is 2.15. The molecule has 1 aromatic rings. The van der Waals surface area contributed by atoms with Gasteiger partial charge in [0.05, 0.1) is 19.0 Å². The van der Waals surface area contributed by atoms with Crippen LogP contribution < -0.4 is 5.32 Å². The van der Waals surface area contributed by atoms with Crippen LogP contribution in [0.25, 0.3) is 0 Å². The maximum absolute atomic E-state index is 13.2. The molecule has 0 aromatic carbocycles. The molecule has 1 aliphatic heterocycles. The van der Waals surface area contributed by atoms with E-state index in [-0.39, 0.29) is 6.04 Å². The van der Waals surface area contributed by atoms with E-state index in [9.17, 15) is 4.39 Å². The topological polar surface area (TPSA) is 49.9 Å². The first-order valence-corrected chi connectivity index (χ1v) is 4.82. The molecule has 2 unspecified atom stereocenters. The maximum Gasteiger partial charge on any atom is 0.214 e. The normalized spacial score (nSPS) is 27.8. The summed E-state index contributed by atoms with van der Waals surface area (Å²) in [5.41, 5.74) is 0.961. The largest absolute Gasteiger partial charge is 0.347 e. The molecule has 0 saturated carbocycles. The lowest BCUT2D eigenvalue weighted by Crippen LogP contribution is -2.41. The van der Waals surface area contributed by atoms with Crippen molar-refractivity contribution < 1.29 is 9.13 Å². The summed E-state index contributed by atoms with van der Waals surface area (Å²) >= 11 is 0. The SMILES string of the molecule is FC1OCCCC1NCc1cnc[nH]1. The summed E-state index contributed by atoms with van der Waals surface area (Å²) in [7, 11) is 0. The lowest BCUT2D eigenvalue weighted by atomic mass is 10.1. The molecule has 2 N–H and O–H groups in total. The van der Waals surface area contributed by atoms with E-state index in [0.29, 0.717) is 13.2 Å². The Morgan fingerprint density at radius 2 is 2.64 bits per heavy atom. The zero-order valence-electron chi connectivity index (χ0n) is 7.87. The molecule has 5 heteroatoms. The third-order valence-corrected chi connectivity index (χ3v) is 2.36. The van der Waals surface area contributed by atoms with Gasteiger partial charge in [0.1, 0.15) is 0 Å². The molecular weight excluding hydrogens is 185 g/mol. The molecule has 1 saturated heterocycles. The fourth-order valence-electron chi connectivity index (χ4n) is 1.56. The molecular formula is C9H14FN3O. The molecule has 2 rings (SSSR count). The van der Waals surface area contributed by atoms with E-state index in [1.165, 1.54) is 0 Å². The van der Waals surface area contributed by atoms with E-state index in [1.54, 1.807) is 12.5 Å². The lowest BCUT2D eigenvalue weighted by molar-refractivity contribution is -0.0898. The van der Waals surface area contributed by atoms with Crippen LogP contribution in [0.3, 0.4) is 0 Å². The third kappa shape index (κ3) is 2.30. The second kappa shape index (κ2) is 4.52. The van der Waals surface area contributed by atoms with Crippen LogP contribution in [0.15, 0.2) is 12.5 Å². The molecule has 78 valence electrons. The van der Waals surface area contributed by atoms with Crippen LogP contribution >= 0.6 is 0 Å². The fourth-order valence-corrected chi connectivity index (χ4v) is 1.56. The second-order valence-corrected chi connectivity index (χ2v) is 3.43. The van der Waals surface area contributed by atoms with Crippen molar-refractivity contribution in [2.75, 3.05) is 6.61 Å². The zero-order valence-corrected chi connectivity index (χ0v) is 7.87. The predicted octanol–water partition coefficient (Wildman–Crippen LogP) is 0.974. The van der Waals surface area contributed by atoms with Gasteiger partial charge in [-0.15, -0.1) is 0 Å². The van der Waals surface area contributed by atoms with Gasteiger partial charge in [0.25, 0.3) is 0 Å². The Hall–Kier alpha value is -0.940. The Morgan fingerprint density at radius 1 is 1.71 bits per heavy atom. The van der Waals surface area contributed by atoms with Crippen molar-refractivity contribution in [3.05, 3.63) is 18.2 Å². The molecule has 2 atom stereocenters.